The van der Waals surface area contributed by atoms with Crippen LogP contribution in [0.4, 0.5) is 5.69 Å². The van der Waals surface area contributed by atoms with Crippen LogP contribution in [0.2, 0.25) is 0 Å². The fourth-order valence-corrected chi connectivity index (χ4v) is 3.42. The molecule has 0 saturated carbocycles. The Labute approximate surface area is 166 Å². The van der Waals surface area contributed by atoms with Crippen molar-refractivity contribution >= 4 is 17.4 Å². The number of benzene rings is 1. The number of aromatic nitrogens is 1. The van der Waals surface area contributed by atoms with Gasteiger partial charge in [0.15, 0.2) is 5.78 Å². The Hall–Kier alpha value is -2.60. The number of fused-ring (bicyclic) bond motifs is 1. The zero-order valence-corrected chi connectivity index (χ0v) is 16.5. The van der Waals surface area contributed by atoms with Crippen LogP contribution in [0.1, 0.15) is 65.4 Å². The van der Waals surface area contributed by atoms with E-state index >= 15 is 0 Å². The van der Waals surface area contributed by atoms with E-state index in [1.54, 1.807) is 6.20 Å². The summed E-state index contributed by atoms with van der Waals surface area (Å²) in [5.74, 6) is 0.499. The van der Waals surface area contributed by atoms with Crippen LogP contribution in [-0.4, -0.2) is 36.4 Å². The lowest BCUT2D eigenvalue weighted by Gasteiger charge is -2.10. The Morgan fingerprint density at radius 1 is 1.21 bits per heavy atom. The van der Waals surface area contributed by atoms with Crippen molar-refractivity contribution in [2.24, 2.45) is 0 Å². The minimum absolute atomic E-state index is 0.0488. The largest absolute Gasteiger partial charge is 0.493 e. The quantitative estimate of drug-likeness (QED) is 0.452. The molecule has 0 saturated heterocycles. The molecule has 1 amide bonds. The molecule has 0 radical (unpaired) electrons. The molecule has 1 aliphatic rings. The highest BCUT2D eigenvalue weighted by atomic mass is 16.5. The van der Waals surface area contributed by atoms with E-state index in [0.717, 1.165) is 56.6 Å². The number of ether oxygens (including phenoxy) is 1. The lowest BCUT2D eigenvalue weighted by Crippen LogP contribution is -2.18. The monoisotopic (exact) mass is 383 g/mol. The Kier molecular flexibility index (Phi) is 7.25. The topological polar surface area (TPSA) is 83.2 Å². The number of carbonyl (C=O) groups excluding carboxylic acids is 2. The summed E-state index contributed by atoms with van der Waals surface area (Å²) in [4.78, 5) is 28.2. The number of aromatic amines is 1. The van der Waals surface area contributed by atoms with Crippen LogP contribution in [0.3, 0.4) is 0 Å². The Morgan fingerprint density at radius 3 is 2.93 bits per heavy atom. The van der Waals surface area contributed by atoms with Crippen molar-refractivity contribution in [3.05, 3.63) is 47.3 Å². The Morgan fingerprint density at radius 2 is 2.07 bits per heavy atom. The molecule has 1 aliphatic carbocycles. The molecule has 0 fully saturated rings. The standard InChI is InChI=1S/C22H29N3O3/c1-2-11-23-12-6-13-28-17-8-5-7-16(14-17)25-22(27)18-15-24-19-9-3-4-10-20(26)21(18)19/h5,7-8,14-15,23-24H,2-4,6,9-13H2,1H3,(H,25,27). The minimum Gasteiger partial charge on any atom is -0.493 e. The van der Waals surface area contributed by atoms with Gasteiger partial charge in [-0.05, 0) is 57.3 Å². The van der Waals surface area contributed by atoms with Gasteiger partial charge in [-0.1, -0.05) is 13.0 Å². The highest BCUT2D eigenvalue weighted by Gasteiger charge is 2.24. The number of rotatable bonds is 9. The van der Waals surface area contributed by atoms with Crippen LogP contribution in [0.25, 0.3) is 0 Å². The van der Waals surface area contributed by atoms with Gasteiger partial charge in [0.2, 0.25) is 0 Å². The number of Topliss-reactive ketones (excluding diaryl/α,β-unsaturated/α-hetero) is 1. The molecule has 0 aliphatic heterocycles. The highest BCUT2D eigenvalue weighted by molar-refractivity contribution is 6.13. The molecule has 0 spiro atoms. The average Bonchev–Trinajstić information content (AvgIpc) is 3.04. The average molecular weight is 383 g/mol. The summed E-state index contributed by atoms with van der Waals surface area (Å²) in [5, 5.41) is 6.23. The number of anilines is 1. The fourth-order valence-electron chi connectivity index (χ4n) is 3.42. The van der Waals surface area contributed by atoms with E-state index < -0.39 is 0 Å². The van der Waals surface area contributed by atoms with Crippen LogP contribution < -0.4 is 15.4 Å². The predicted octanol–water partition coefficient (Wildman–Crippen LogP) is 3.94. The molecule has 6 heteroatoms. The molecular formula is C22H29N3O3. The van der Waals surface area contributed by atoms with Crippen LogP contribution in [-0.2, 0) is 6.42 Å². The minimum atomic E-state index is -0.270. The molecule has 2 aromatic rings. The lowest BCUT2D eigenvalue weighted by atomic mass is 10.0. The van der Waals surface area contributed by atoms with Gasteiger partial charge in [-0.25, -0.2) is 0 Å². The van der Waals surface area contributed by atoms with Crippen molar-refractivity contribution in [1.29, 1.82) is 0 Å². The normalized spacial score (nSPS) is 13.7. The SMILES string of the molecule is CCCNCCCOc1cccc(NC(=O)c2c[nH]c3c2C(=O)CCCC3)c1. The molecule has 0 bridgehead atoms. The smallest absolute Gasteiger partial charge is 0.257 e. The molecule has 3 rings (SSSR count). The second-order valence-electron chi connectivity index (χ2n) is 7.12. The van der Waals surface area contributed by atoms with Gasteiger partial charge in [-0.15, -0.1) is 0 Å². The number of hydrogen-bond acceptors (Lipinski definition) is 4. The maximum absolute atomic E-state index is 12.7. The van der Waals surface area contributed by atoms with Gasteiger partial charge in [0, 0.05) is 30.1 Å². The summed E-state index contributed by atoms with van der Waals surface area (Å²) < 4.78 is 5.77. The first-order chi connectivity index (χ1) is 13.7. The van der Waals surface area contributed by atoms with E-state index in [1.165, 1.54) is 0 Å². The van der Waals surface area contributed by atoms with Gasteiger partial charge < -0.3 is 20.4 Å². The molecular weight excluding hydrogens is 354 g/mol. The van der Waals surface area contributed by atoms with E-state index in [1.807, 2.05) is 24.3 Å². The summed E-state index contributed by atoms with van der Waals surface area (Å²) in [7, 11) is 0. The second kappa shape index (κ2) is 10.1. The van der Waals surface area contributed by atoms with Crippen LogP contribution in [0.5, 0.6) is 5.75 Å². The third kappa shape index (κ3) is 5.23. The van der Waals surface area contributed by atoms with Crippen molar-refractivity contribution in [3.63, 3.8) is 0 Å². The van der Waals surface area contributed by atoms with Crippen LogP contribution in [0, 0.1) is 0 Å². The van der Waals surface area contributed by atoms with Crippen molar-refractivity contribution in [2.45, 2.75) is 45.4 Å². The molecule has 1 aromatic heterocycles. The van der Waals surface area contributed by atoms with Gasteiger partial charge in [-0.3, -0.25) is 9.59 Å². The molecule has 6 nitrogen and oxygen atoms in total. The number of hydrogen-bond donors (Lipinski definition) is 3. The first-order valence-electron chi connectivity index (χ1n) is 10.2. The molecule has 1 heterocycles. The van der Waals surface area contributed by atoms with Gasteiger partial charge in [0.05, 0.1) is 17.7 Å². The molecule has 28 heavy (non-hydrogen) atoms. The maximum Gasteiger partial charge on any atom is 0.257 e. The first-order valence-corrected chi connectivity index (χ1v) is 10.2. The van der Waals surface area contributed by atoms with Crippen LogP contribution >= 0.6 is 0 Å². The molecule has 3 N–H and O–H groups in total. The molecule has 1 aromatic carbocycles. The van der Waals surface area contributed by atoms with E-state index in [9.17, 15) is 9.59 Å². The Balaban J connectivity index is 1.59. The first kappa shape index (κ1) is 20.1. The van der Waals surface area contributed by atoms with Crippen LogP contribution in [0.15, 0.2) is 30.5 Å². The number of nitrogens with one attached hydrogen (secondary N) is 3. The van der Waals surface area contributed by atoms with Crippen molar-refractivity contribution in [2.75, 3.05) is 25.0 Å². The zero-order valence-electron chi connectivity index (χ0n) is 16.5. The fraction of sp³-hybridized carbons (Fsp3) is 0.455. The van der Waals surface area contributed by atoms with E-state index in [4.69, 9.17) is 4.74 Å². The van der Waals surface area contributed by atoms with E-state index in [-0.39, 0.29) is 11.7 Å². The summed E-state index contributed by atoms with van der Waals surface area (Å²) in [6.45, 7) is 4.71. The third-order valence-electron chi connectivity index (χ3n) is 4.85. The number of ketones is 1. The second-order valence-corrected chi connectivity index (χ2v) is 7.12. The summed E-state index contributed by atoms with van der Waals surface area (Å²) >= 11 is 0. The molecule has 0 atom stereocenters. The van der Waals surface area contributed by atoms with Gasteiger partial charge in [0.1, 0.15) is 5.75 Å². The number of amides is 1. The summed E-state index contributed by atoms with van der Waals surface area (Å²) in [6.07, 6.45) is 6.84. The van der Waals surface area contributed by atoms with E-state index in [2.05, 4.69) is 22.5 Å². The lowest BCUT2D eigenvalue weighted by molar-refractivity contribution is 0.0965. The number of carbonyl (C=O) groups is 2. The Bertz CT molecular complexity index is 813. The summed E-state index contributed by atoms with van der Waals surface area (Å²) in [6, 6.07) is 7.36. The van der Waals surface area contributed by atoms with E-state index in [0.29, 0.717) is 29.8 Å². The highest BCUT2D eigenvalue weighted by Crippen LogP contribution is 2.25. The van der Waals surface area contributed by atoms with Crippen molar-refractivity contribution < 1.29 is 14.3 Å². The maximum atomic E-state index is 12.7. The van der Waals surface area contributed by atoms with Gasteiger partial charge in [0.25, 0.3) is 5.91 Å². The molecule has 0 unspecified atom stereocenters. The number of H-pyrrole nitrogens is 1. The number of aryl methyl sites for hydroxylation is 1. The zero-order chi connectivity index (χ0) is 19.8. The van der Waals surface area contributed by atoms with Crippen molar-refractivity contribution in [1.82, 2.24) is 10.3 Å². The molecule has 150 valence electrons. The third-order valence-corrected chi connectivity index (χ3v) is 4.85. The summed E-state index contributed by atoms with van der Waals surface area (Å²) in [5.41, 5.74) is 2.52. The van der Waals surface area contributed by atoms with Gasteiger partial charge >= 0.3 is 0 Å². The van der Waals surface area contributed by atoms with Crippen molar-refractivity contribution in [3.8, 4) is 5.75 Å². The predicted molar refractivity (Wildman–Crippen MR) is 110 cm³/mol. The van der Waals surface area contributed by atoms with Gasteiger partial charge in [-0.2, -0.15) is 0 Å².